The van der Waals surface area contributed by atoms with E-state index in [2.05, 4.69) is 0 Å². The molecule has 1 aliphatic heterocycles. The summed E-state index contributed by atoms with van der Waals surface area (Å²) in [5.41, 5.74) is 2.99. The molecular weight excluding hydrogens is 338 g/mol. The van der Waals surface area contributed by atoms with Crippen LogP contribution in [0.15, 0.2) is 48.5 Å². The van der Waals surface area contributed by atoms with E-state index >= 15 is 0 Å². The van der Waals surface area contributed by atoms with Crippen LogP contribution in [-0.4, -0.2) is 36.3 Å². The Morgan fingerprint density at radius 1 is 1.04 bits per heavy atom. The molecular formula is C23H27NO3. The molecule has 0 aliphatic carbocycles. The van der Waals surface area contributed by atoms with Gasteiger partial charge in [-0.1, -0.05) is 42.5 Å². The van der Waals surface area contributed by atoms with Crippen molar-refractivity contribution in [2.75, 3.05) is 19.7 Å². The number of amides is 1. The Bertz CT molecular complexity index is 793. The van der Waals surface area contributed by atoms with E-state index in [0.29, 0.717) is 26.1 Å². The van der Waals surface area contributed by atoms with E-state index in [0.717, 1.165) is 35.3 Å². The lowest BCUT2D eigenvalue weighted by Crippen LogP contribution is -2.40. The maximum atomic E-state index is 12.5. The molecule has 1 fully saturated rings. The van der Waals surface area contributed by atoms with Gasteiger partial charge in [-0.3, -0.25) is 9.59 Å². The summed E-state index contributed by atoms with van der Waals surface area (Å²) in [5.74, 6) is 1.16. The van der Waals surface area contributed by atoms with Crippen molar-refractivity contribution in [3.8, 4) is 5.75 Å². The van der Waals surface area contributed by atoms with Gasteiger partial charge >= 0.3 is 0 Å². The third-order valence-electron chi connectivity index (χ3n) is 5.19. The van der Waals surface area contributed by atoms with E-state index in [1.165, 1.54) is 0 Å². The molecule has 2 aromatic carbocycles. The molecule has 4 nitrogen and oxygen atoms in total. The van der Waals surface area contributed by atoms with E-state index < -0.39 is 0 Å². The highest BCUT2D eigenvalue weighted by molar-refractivity contribution is 5.98. The van der Waals surface area contributed by atoms with Gasteiger partial charge in [0.25, 0.3) is 0 Å². The van der Waals surface area contributed by atoms with Crippen LogP contribution in [0.5, 0.6) is 5.75 Å². The first-order valence-corrected chi connectivity index (χ1v) is 9.61. The maximum Gasteiger partial charge on any atom is 0.225 e. The Morgan fingerprint density at radius 3 is 2.44 bits per heavy atom. The van der Waals surface area contributed by atoms with Gasteiger partial charge in [0.1, 0.15) is 5.75 Å². The van der Waals surface area contributed by atoms with Crippen LogP contribution in [-0.2, 0) is 4.79 Å². The molecule has 0 N–H and O–H groups in total. The quantitative estimate of drug-likeness (QED) is 0.721. The van der Waals surface area contributed by atoms with Crippen LogP contribution in [0.1, 0.15) is 40.7 Å². The maximum absolute atomic E-state index is 12.5. The van der Waals surface area contributed by atoms with Crippen molar-refractivity contribution in [1.29, 1.82) is 0 Å². The summed E-state index contributed by atoms with van der Waals surface area (Å²) < 4.78 is 5.79. The van der Waals surface area contributed by atoms with Gasteiger partial charge < -0.3 is 9.64 Å². The van der Waals surface area contributed by atoms with Crippen molar-refractivity contribution < 1.29 is 14.3 Å². The minimum absolute atomic E-state index is 0.0163. The zero-order valence-electron chi connectivity index (χ0n) is 16.1. The summed E-state index contributed by atoms with van der Waals surface area (Å²) in [7, 11) is 0. The first-order chi connectivity index (χ1) is 13.0. The largest absolute Gasteiger partial charge is 0.493 e. The van der Waals surface area contributed by atoms with Crippen LogP contribution in [0.4, 0.5) is 0 Å². The minimum Gasteiger partial charge on any atom is -0.493 e. The number of ether oxygens (including phenoxy) is 1. The minimum atomic E-state index is 0.0163. The number of carbonyl (C=O) groups is 2. The Labute approximate surface area is 161 Å². The van der Waals surface area contributed by atoms with Gasteiger partial charge in [-0.25, -0.2) is 0 Å². The van der Waals surface area contributed by atoms with Crippen LogP contribution in [0, 0.1) is 19.8 Å². The number of hydrogen-bond donors (Lipinski definition) is 0. The average Bonchev–Trinajstić information content (AvgIpc) is 2.70. The summed E-state index contributed by atoms with van der Waals surface area (Å²) in [4.78, 5) is 26.9. The predicted octanol–water partition coefficient (Wildman–Crippen LogP) is 4.19. The van der Waals surface area contributed by atoms with Gasteiger partial charge in [-0.15, -0.1) is 0 Å². The summed E-state index contributed by atoms with van der Waals surface area (Å²) >= 11 is 0. The lowest BCUT2D eigenvalue weighted by atomic mass is 9.89. The number of likely N-dealkylation sites (tertiary alicyclic amines) is 1. The van der Waals surface area contributed by atoms with Crippen LogP contribution in [0.3, 0.4) is 0 Å². The molecule has 1 saturated heterocycles. The molecule has 3 rings (SSSR count). The van der Waals surface area contributed by atoms with E-state index in [1.807, 2.05) is 67.3 Å². The molecule has 0 bridgehead atoms. The molecule has 0 radical (unpaired) electrons. The van der Waals surface area contributed by atoms with Gasteiger partial charge in [0, 0.05) is 24.6 Å². The van der Waals surface area contributed by atoms with Crippen molar-refractivity contribution in [1.82, 2.24) is 4.90 Å². The summed E-state index contributed by atoms with van der Waals surface area (Å²) in [6, 6.07) is 15.5. The van der Waals surface area contributed by atoms with E-state index in [-0.39, 0.29) is 17.6 Å². The fourth-order valence-electron chi connectivity index (χ4n) is 3.50. The second-order valence-electron chi connectivity index (χ2n) is 7.25. The molecule has 0 spiro atoms. The highest BCUT2D eigenvalue weighted by Crippen LogP contribution is 2.23. The van der Waals surface area contributed by atoms with Gasteiger partial charge in [-0.05, 0) is 43.9 Å². The second kappa shape index (κ2) is 8.85. The topological polar surface area (TPSA) is 46.6 Å². The fraction of sp³-hybridized carbons (Fsp3) is 0.391. The van der Waals surface area contributed by atoms with E-state index in [4.69, 9.17) is 4.74 Å². The zero-order valence-corrected chi connectivity index (χ0v) is 16.1. The summed E-state index contributed by atoms with van der Waals surface area (Å²) in [6.07, 6.45) is 1.83. The van der Waals surface area contributed by atoms with Crippen LogP contribution >= 0.6 is 0 Å². The number of aryl methyl sites for hydroxylation is 2. The molecule has 27 heavy (non-hydrogen) atoms. The number of piperidine rings is 1. The molecule has 0 atom stereocenters. The first kappa shape index (κ1) is 19.2. The average molecular weight is 365 g/mol. The lowest BCUT2D eigenvalue weighted by Gasteiger charge is -2.31. The van der Waals surface area contributed by atoms with Crippen LogP contribution in [0.2, 0.25) is 0 Å². The smallest absolute Gasteiger partial charge is 0.225 e. The van der Waals surface area contributed by atoms with Crippen molar-refractivity contribution >= 4 is 11.7 Å². The highest BCUT2D eigenvalue weighted by atomic mass is 16.5. The number of nitrogens with zero attached hydrogens (tertiary/aromatic N) is 1. The number of rotatable bonds is 6. The normalized spacial score (nSPS) is 14.8. The van der Waals surface area contributed by atoms with Crippen LogP contribution < -0.4 is 4.74 Å². The van der Waals surface area contributed by atoms with Gasteiger partial charge in [0.05, 0.1) is 13.0 Å². The van der Waals surface area contributed by atoms with E-state index in [1.54, 1.807) is 0 Å². The molecule has 142 valence electrons. The Balaban J connectivity index is 1.44. The molecule has 1 aliphatic rings. The third-order valence-corrected chi connectivity index (χ3v) is 5.19. The van der Waals surface area contributed by atoms with Crippen molar-refractivity contribution in [3.05, 3.63) is 65.2 Å². The molecule has 0 saturated carbocycles. The van der Waals surface area contributed by atoms with Crippen molar-refractivity contribution in [2.45, 2.75) is 33.1 Å². The third kappa shape index (κ3) is 4.97. The highest BCUT2D eigenvalue weighted by Gasteiger charge is 2.27. The van der Waals surface area contributed by atoms with Gasteiger partial charge in [0.2, 0.25) is 5.91 Å². The molecule has 1 heterocycles. The zero-order chi connectivity index (χ0) is 19.2. The standard InChI is InChI=1S/C23H27NO3/c1-17-8-9-18(2)21(16-17)27-15-12-22(25)24-13-10-20(11-14-24)23(26)19-6-4-3-5-7-19/h3-9,16,20H,10-15H2,1-2H3. The summed E-state index contributed by atoms with van der Waals surface area (Å²) in [5, 5.41) is 0. The molecule has 4 heteroatoms. The Kier molecular flexibility index (Phi) is 6.28. The lowest BCUT2D eigenvalue weighted by molar-refractivity contribution is -0.132. The van der Waals surface area contributed by atoms with E-state index in [9.17, 15) is 9.59 Å². The predicted molar refractivity (Wildman–Crippen MR) is 106 cm³/mol. The molecule has 0 aromatic heterocycles. The number of Topliss-reactive ketones (excluding diaryl/α,β-unsaturated/α-hetero) is 1. The van der Waals surface area contributed by atoms with Crippen molar-refractivity contribution in [3.63, 3.8) is 0 Å². The number of benzene rings is 2. The first-order valence-electron chi connectivity index (χ1n) is 9.61. The van der Waals surface area contributed by atoms with Crippen molar-refractivity contribution in [2.24, 2.45) is 5.92 Å². The van der Waals surface area contributed by atoms with Gasteiger partial charge in [-0.2, -0.15) is 0 Å². The van der Waals surface area contributed by atoms with Gasteiger partial charge in [0.15, 0.2) is 5.78 Å². The number of ketones is 1. The molecule has 1 amide bonds. The number of hydrogen-bond acceptors (Lipinski definition) is 3. The fourth-order valence-corrected chi connectivity index (χ4v) is 3.50. The second-order valence-corrected chi connectivity index (χ2v) is 7.25. The number of carbonyl (C=O) groups excluding carboxylic acids is 2. The summed E-state index contributed by atoms with van der Waals surface area (Å²) in [6.45, 7) is 5.70. The molecule has 0 unspecified atom stereocenters. The van der Waals surface area contributed by atoms with Crippen LogP contribution in [0.25, 0.3) is 0 Å². The SMILES string of the molecule is Cc1ccc(C)c(OCCC(=O)N2CCC(C(=O)c3ccccc3)CC2)c1. The monoisotopic (exact) mass is 365 g/mol. The molecule has 2 aromatic rings. The Morgan fingerprint density at radius 2 is 1.74 bits per heavy atom. The Hall–Kier alpha value is -2.62.